The molecule has 0 radical (unpaired) electrons. The van der Waals surface area contributed by atoms with Crippen molar-refractivity contribution in [3.63, 3.8) is 0 Å². The second kappa shape index (κ2) is 9.09. The minimum atomic E-state index is 1.01. The molecule has 0 saturated heterocycles. The van der Waals surface area contributed by atoms with Crippen molar-refractivity contribution in [2.45, 2.75) is 25.7 Å². The maximum atomic E-state index is 3.45. The second-order valence-corrected chi connectivity index (χ2v) is 8.68. The van der Waals surface area contributed by atoms with Gasteiger partial charge in [0.2, 0.25) is 0 Å². The highest BCUT2D eigenvalue weighted by Crippen LogP contribution is 2.19. The van der Waals surface area contributed by atoms with Crippen molar-refractivity contribution in [1.29, 1.82) is 0 Å². The third-order valence-corrected chi connectivity index (χ3v) is 6.36. The van der Waals surface area contributed by atoms with Gasteiger partial charge in [-0.15, -0.1) is 0 Å². The summed E-state index contributed by atoms with van der Waals surface area (Å²) in [5.41, 5.74) is 9.75. The van der Waals surface area contributed by atoms with Crippen molar-refractivity contribution < 1.29 is 0 Å². The van der Waals surface area contributed by atoms with Gasteiger partial charge >= 0.3 is 0 Å². The number of thiophene rings is 1. The molecule has 31 heavy (non-hydrogen) atoms. The molecule has 1 aromatic heterocycles. The normalized spacial score (nSPS) is 12.1. The summed E-state index contributed by atoms with van der Waals surface area (Å²) in [4.78, 5) is 0. The molecule has 4 aromatic rings. The minimum absolute atomic E-state index is 1.01. The minimum Gasteiger partial charge on any atom is -0.151 e. The van der Waals surface area contributed by atoms with Gasteiger partial charge in [-0.2, -0.15) is 11.3 Å². The standard InChI is InChI=1S/C30H22S/c1-5-25-6-2-23(1)9-11-27-15-17-29(16-13-25)30(21-27)18-14-26-7-3-24(4-8-26)10-12-28-19-20-31-22-28/h1-8,15,17,19-22H,9,11,13,16H2. The molecule has 0 unspecified atom stereocenters. The van der Waals surface area contributed by atoms with Crippen LogP contribution in [-0.2, 0) is 25.7 Å². The summed E-state index contributed by atoms with van der Waals surface area (Å²) in [6, 6.07) is 26.2. The number of rotatable bonds is 0. The van der Waals surface area contributed by atoms with Gasteiger partial charge in [-0.05, 0) is 89.7 Å². The van der Waals surface area contributed by atoms with Crippen molar-refractivity contribution in [3.05, 3.63) is 128 Å². The van der Waals surface area contributed by atoms with Gasteiger partial charge in [0.05, 0.1) is 0 Å². The van der Waals surface area contributed by atoms with Gasteiger partial charge in [0, 0.05) is 27.6 Å². The van der Waals surface area contributed by atoms with Crippen molar-refractivity contribution in [2.75, 3.05) is 0 Å². The maximum absolute atomic E-state index is 3.45. The molecular weight excluding hydrogens is 392 g/mol. The van der Waals surface area contributed by atoms with Crippen LogP contribution >= 0.6 is 11.3 Å². The first-order valence-electron chi connectivity index (χ1n) is 10.7. The number of hydrogen-bond acceptors (Lipinski definition) is 1. The lowest BCUT2D eigenvalue weighted by Crippen LogP contribution is -2.00. The summed E-state index contributed by atoms with van der Waals surface area (Å²) in [7, 11) is 0. The quantitative estimate of drug-likeness (QED) is 0.291. The lowest BCUT2D eigenvalue weighted by atomic mass is 9.93. The van der Waals surface area contributed by atoms with Crippen LogP contribution in [0.15, 0.2) is 83.6 Å². The molecule has 1 heterocycles. The molecule has 148 valence electrons. The molecule has 4 bridgehead atoms. The molecule has 4 aliphatic carbocycles. The van der Waals surface area contributed by atoms with E-state index in [2.05, 4.69) is 95.8 Å². The fourth-order valence-electron chi connectivity index (χ4n) is 3.81. The molecule has 0 saturated carbocycles. The maximum Gasteiger partial charge on any atom is 0.0356 e. The summed E-state index contributed by atoms with van der Waals surface area (Å²) in [5, 5.41) is 4.11. The van der Waals surface area contributed by atoms with Crippen LogP contribution in [-0.4, -0.2) is 0 Å². The highest BCUT2D eigenvalue weighted by molar-refractivity contribution is 7.08. The molecule has 0 fully saturated rings. The van der Waals surface area contributed by atoms with E-state index in [0.717, 1.165) is 47.9 Å². The fraction of sp³-hybridized carbons (Fsp3) is 0.133. The topological polar surface area (TPSA) is 0 Å². The molecule has 0 amide bonds. The molecule has 0 aliphatic heterocycles. The van der Waals surface area contributed by atoms with Crippen molar-refractivity contribution in [2.24, 2.45) is 0 Å². The van der Waals surface area contributed by atoms with E-state index in [-0.39, 0.29) is 0 Å². The Balaban J connectivity index is 1.38. The van der Waals surface area contributed by atoms with Gasteiger partial charge in [0.25, 0.3) is 0 Å². The van der Waals surface area contributed by atoms with Crippen LogP contribution in [0.2, 0.25) is 0 Å². The monoisotopic (exact) mass is 414 g/mol. The molecule has 0 atom stereocenters. The first kappa shape index (κ1) is 19.4. The highest BCUT2D eigenvalue weighted by Gasteiger charge is 2.06. The van der Waals surface area contributed by atoms with Crippen LogP contribution in [0.4, 0.5) is 0 Å². The average molecular weight is 415 g/mol. The van der Waals surface area contributed by atoms with E-state index >= 15 is 0 Å². The van der Waals surface area contributed by atoms with E-state index < -0.39 is 0 Å². The average Bonchev–Trinajstić information content (AvgIpc) is 3.33. The summed E-state index contributed by atoms with van der Waals surface area (Å²) >= 11 is 1.67. The van der Waals surface area contributed by atoms with Gasteiger partial charge in [0.1, 0.15) is 0 Å². The molecule has 8 rings (SSSR count). The summed E-state index contributed by atoms with van der Waals surface area (Å²) < 4.78 is 0. The lowest BCUT2D eigenvalue weighted by molar-refractivity contribution is 0.918. The number of aryl methyl sites for hydroxylation is 4. The summed E-state index contributed by atoms with van der Waals surface area (Å²) in [6.07, 6.45) is 4.18. The Morgan fingerprint density at radius 2 is 1.10 bits per heavy atom. The van der Waals surface area contributed by atoms with E-state index in [1.54, 1.807) is 11.3 Å². The van der Waals surface area contributed by atoms with Crippen LogP contribution in [0.25, 0.3) is 0 Å². The Hall–Kier alpha value is -3.52. The molecule has 4 aliphatic rings. The molecule has 0 N–H and O–H groups in total. The SMILES string of the molecule is C(#Cc1ccsc1)c1ccc(C#Cc2cc3ccc2CCc2ccc(cc2)CC3)cc1. The Bertz CT molecular complexity index is 1300. The predicted octanol–water partition coefficient (Wildman–Crippen LogP) is 6.43. The predicted molar refractivity (Wildman–Crippen MR) is 130 cm³/mol. The van der Waals surface area contributed by atoms with Crippen molar-refractivity contribution >= 4 is 11.3 Å². The van der Waals surface area contributed by atoms with Crippen LogP contribution in [0.5, 0.6) is 0 Å². The zero-order valence-electron chi connectivity index (χ0n) is 17.3. The highest BCUT2D eigenvalue weighted by atomic mass is 32.1. The third-order valence-electron chi connectivity index (χ3n) is 5.68. The van der Waals surface area contributed by atoms with Gasteiger partial charge < -0.3 is 0 Å². The van der Waals surface area contributed by atoms with Crippen LogP contribution in [0.3, 0.4) is 0 Å². The van der Waals surface area contributed by atoms with Crippen molar-refractivity contribution in [1.82, 2.24) is 0 Å². The van der Waals surface area contributed by atoms with Gasteiger partial charge in [-0.25, -0.2) is 0 Å². The first-order valence-corrected chi connectivity index (χ1v) is 11.6. The Kier molecular flexibility index (Phi) is 5.70. The zero-order valence-corrected chi connectivity index (χ0v) is 18.1. The molecule has 0 spiro atoms. The Labute approximate surface area is 188 Å². The van der Waals surface area contributed by atoms with Crippen molar-refractivity contribution in [3.8, 4) is 23.7 Å². The largest absolute Gasteiger partial charge is 0.151 e. The lowest BCUT2D eigenvalue weighted by Gasteiger charge is -2.11. The van der Waals surface area contributed by atoms with E-state index in [1.165, 1.54) is 22.3 Å². The summed E-state index contributed by atoms with van der Waals surface area (Å²) in [5.74, 6) is 13.2. The van der Waals surface area contributed by atoms with Gasteiger partial charge in [-0.3, -0.25) is 0 Å². The van der Waals surface area contributed by atoms with Gasteiger partial charge in [-0.1, -0.05) is 60.1 Å². The van der Waals surface area contributed by atoms with Gasteiger partial charge in [0.15, 0.2) is 0 Å². The smallest absolute Gasteiger partial charge is 0.0356 e. The van der Waals surface area contributed by atoms with Crippen LogP contribution in [0, 0.1) is 23.7 Å². The van der Waals surface area contributed by atoms with E-state index in [9.17, 15) is 0 Å². The molecule has 1 heteroatoms. The summed E-state index contributed by atoms with van der Waals surface area (Å²) in [6.45, 7) is 0. The van der Waals surface area contributed by atoms with E-state index in [0.29, 0.717) is 0 Å². The Morgan fingerprint density at radius 1 is 0.516 bits per heavy atom. The Morgan fingerprint density at radius 3 is 1.77 bits per heavy atom. The van der Waals surface area contributed by atoms with E-state index in [4.69, 9.17) is 0 Å². The first-order chi connectivity index (χ1) is 15.3. The zero-order chi connectivity index (χ0) is 20.9. The molecule has 0 nitrogen and oxygen atoms in total. The van der Waals surface area contributed by atoms with Crippen LogP contribution in [0.1, 0.15) is 44.5 Å². The van der Waals surface area contributed by atoms with E-state index in [1.807, 2.05) is 11.4 Å². The fourth-order valence-corrected chi connectivity index (χ4v) is 4.40. The third kappa shape index (κ3) is 4.97. The molecule has 3 aromatic carbocycles. The molecular formula is C30H22S. The number of hydrogen-bond donors (Lipinski definition) is 0. The number of benzene rings is 3. The van der Waals surface area contributed by atoms with Crippen LogP contribution < -0.4 is 0 Å². The second-order valence-electron chi connectivity index (χ2n) is 7.90.